The molecular weight excluding hydrogens is 295 g/mol. The van der Waals surface area contributed by atoms with E-state index >= 15 is 0 Å². The Kier molecular flexibility index (Phi) is 4.24. The van der Waals surface area contributed by atoms with Gasteiger partial charge in [-0.05, 0) is 48.5 Å². The summed E-state index contributed by atoms with van der Waals surface area (Å²) >= 11 is 0. The summed E-state index contributed by atoms with van der Waals surface area (Å²) in [5, 5.41) is 3.95. The van der Waals surface area contributed by atoms with Gasteiger partial charge in [0.15, 0.2) is 0 Å². The van der Waals surface area contributed by atoms with Crippen LogP contribution >= 0.6 is 0 Å². The predicted octanol–water partition coefficient (Wildman–Crippen LogP) is 2.78. The van der Waals surface area contributed by atoms with Gasteiger partial charge in [-0.1, -0.05) is 0 Å². The van der Waals surface area contributed by atoms with Crippen LogP contribution in [0, 0.1) is 5.82 Å². The molecule has 0 aliphatic heterocycles. The van der Waals surface area contributed by atoms with Crippen LogP contribution in [-0.2, 0) is 0 Å². The van der Waals surface area contributed by atoms with Crippen LogP contribution in [0.3, 0.4) is 0 Å². The van der Waals surface area contributed by atoms with Crippen LogP contribution in [0.4, 0.5) is 4.39 Å². The van der Waals surface area contributed by atoms with E-state index in [0.29, 0.717) is 5.56 Å². The van der Waals surface area contributed by atoms with Gasteiger partial charge in [0, 0.05) is 29.8 Å². The van der Waals surface area contributed by atoms with E-state index in [1.165, 1.54) is 30.7 Å². The summed E-state index contributed by atoms with van der Waals surface area (Å²) in [5.41, 5.74) is 4.49. The molecular formula is C17H13FN4O. The number of hydrogen-bond acceptors (Lipinski definition) is 3. The van der Waals surface area contributed by atoms with Crippen molar-refractivity contribution in [2.45, 2.75) is 0 Å². The van der Waals surface area contributed by atoms with Crippen molar-refractivity contribution < 1.29 is 9.18 Å². The SMILES string of the molecule is O=C(NN=Cc1cccn1-c1ccc(F)cc1)c1ccncc1. The smallest absolute Gasteiger partial charge is 0.271 e. The fraction of sp³-hybridized carbons (Fsp3) is 0. The molecule has 0 saturated carbocycles. The molecule has 2 heterocycles. The topological polar surface area (TPSA) is 59.3 Å². The summed E-state index contributed by atoms with van der Waals surface area (Å²) < 4.78 is 14.8. The number of amides is 1. The van der Waals surface area contributed by atoms with E-state index in [2.05, 4.69) is 15.5 Å². The third-order valence-electron chi connectivity index (χ3n) is 3.19. The average Bonchev–Trinajstić information content (AvgIpc) is 3.05. The highest BCUT2D eigenvalue weighted by molar-refractivity contribution is 5.94. The van der Waals surface area contributed by atoms with E-state index in [1.54, 1.807) is 24.3 Å². The van der Waals surface area contributed by atoms with Crippen LogP contribution < -0.4 is 5.43 Å². The number of hydrazone groups is 1. The molecule has 5 nitrogen and oxygen atoms in total. The molecule has 3 aromatic rings. The normalized spacial score (nSPS) is 10.8. The molecule has 23 heavy (non-hydrogen) atoms. The van der Waals surface area contributed by atoms with Crippen molar-refractivity contribution >= 4 is 12.1 Å². The van der Waals surface area contributed by atoms with E-state index in [-0.39, 0.29) is 11.7 Å². The molecule has 0 unspecified atom stereocenters. The fourth-order valence-corrected chi connectivity index (χ4v) is 2.06. The lowest BCUT2D eigenvalue weighted by molar-refractivity contribution is 0.0955. The Bertz CT molecular complexity index is 825. The lowest BCUT2D eigenvalue weighted by Gasteiger charge is -2.06. The van der Waals surface area contributed by atoms with E-state index in [1.807, 2.05) is 22.9 Å². The Morgan fingerprint density at radius 2 is 1.87 bits per heavy atom. The predicted molar refractivity (Wildman–Crippen MR) is 85.0 cm³/mol. The number of pyridine rings is 1. The first-order valence-corrected chi connectivity index (χ1v) is 6.91. The maximum Gasteiger partial charge on any atom is 0.271 e. The molecule has 0 bridgehead atoms. The number of hydrogen-bond donors (Lipinski definition) is 1. The molecule has 114 valence electrons. The number of nitrogens with one attached hydrogen (secondary N) is 1. The summed E-state index contributed by atoms with van der Waals surface area (Å²) in [7, 11) is 0. The van der Waals surface area contributed by atoms with Gasteiger partial charge in [0.25, 0.3) is 5.91 Å². The first-order valence-electron chi connectivity index (χ1n) is 6.91. The second-order valence-electron chi connectivity index (χ2n) is 4.71. The molecule has 0 atom stereocenters. The molecule has 6 heteroatoms. The zero-order chi connectivity index (χ0) is 16.1. The van der Waals surface area contributed by atoms with Gasteiger partial charge < -0.3 is 4.57 Å². The maximum absolute atomic E-state index is 13.0. The third-order valence-corrected chi connectivity index (χ3v) is 3.19. The average molecular weight is 308 g/mol. The van der Waals surface area contributed by atoms with E-state index in [4.69, 9.17) is 0 Å². The molecule has 0 aliphatic carbocycles. The maximum atomic E-state index is 13.0. The molecule has 2 aromatic heterocycles. The Morgan fingerprint density at radius 1 is 1.13 bits per heavy atom. The second-order valence-corrected chi connectivity index (χ2v) is 4.71. The van der Waals surface area contributed by atoms with E-state index < -0.39 is 0 Å². The quantitative estimate of drug-likeness (QED) is 0.595. The van der Waals surface area contributed by atoms with Crippen LogP contribution in [0.1, 0.15) is 16.1 Å². The summed E-state index contributed by atoms with van der Waals surface area (Å²) in [6, 6.07) is 13.0. The standard InChI is InChI=1S/C17H13FN4O/c18-14-3-5-15(6-4-14)22-11-1-2-16(22)12-20-21-17(23)13-7-9-19-10-8-13/h1-12H,(H,21,23). The lowest BCUT2D eigenvalue weighted by atomic mass is 10.3. The minimum Gasteiger partial charge on any atom is -0.316 e. The first kappa shape index (κ1) is 14.6. The van der Waals surface area contributed by atoms with E-state index in [9.17, 15) is 9.18 Å². The van der Waals surface area contributed by atoms with Crippen LogP contribution in [-0.4, -0.2) is 21.7 Å². The van der Waals surface area contributed by atoms with Crippen molar-refractivity contribution in [2.75, 3.05) is 0 Å². The number of benzene rings is 1. The zero-order valence-electron chi connectivity index (χ0n) is 12.1. The summed E-state index contributed by atoms with van der Waals surface area (Å²) in [4.78, 5) is 15.7. The molecule has 0 spiro atoms. The van der Waals surface area contributed by atoms with Crippen molar-refractivity contribution in [1.29, 1.82) is 0 Å². The van der Waals surface area contributed by atoms with Crippen molar-refractivity contribution in [3.05, 3.63) is 84.2 Å². The van der Waals surface area contributed by atoms with Crippen molar-refractivity contribution in [3.8, 4) is 5.69 Å². The van der Waals surface area contributed by atoms with Crippen LogP contribution in [0.25, 0.3) is 5.69 Å². The van der Waals surface area contributed by atoms with Gasteiger partial charge in [-0.15, -0.1) is 0 Å². The van der Waals surface area contributed by atoms with Gasteiger partial charge in [0.05, 0.1) is 11.9 Å². The molecule has 0 aliphatic rings. The van der Waals surface area contributed by atoms with Crippen LogP contribution in [0.5, 0.6) is 0 Å². The Morgan fingerprint density at radius 3 is 2.61 bits per heavy atom. The largest absolute Gasteiger partial charge is 0.316 e. The van der Waals surface area contributed by atoms with Gasteiger partial charge in [-0.3, -0.25) is 9.78 Å². The van der Waals surface area contributed by atoms with E-state index in [0.717, 1.165) is 11.4 Å². The molecule has 1 aromatic carbocycles. The molecule has 1 amide bonds. The number of rotatable bonds is 4. The zero-order valence-corrected chi connectivity index (χ0v) is 12.1. The number of aromatic nitrogens is 2. The van der Waals surface area contributed by atoms with Crippen LogP contribution in [0.15, 0.2) is 72.2 Å². The minimum atomic E-state index is -0.316. The minimum absolute atomic E-state index is 0.291. The van der Waals surface area contributed by atoms with Crippen molar-refractivity contribution in [2.24, 2.45) is 5.10 Å². The van der Waals surface area contributed by atoms with Crippen LogP contribution in [0.2, 0.25) is 0 Å². The molecule has 1 N–H and O–H groups in total. The van der Waals surface area contributed by atoms with Gasteiger partial charge >= 0.3 is 0 Å². The van der Waals surface area contributed by atoms with Gasteiger partial charge in [0.2, 0.25) is 0 Å². The monoisotopic (exact) mass is 308 g/mol. The lowest BCUT2D eigenvalue weighted by Crippen LogP contribution is -2.17. The highest BCUT2D eigenvalue weighted by Crippen LogP contribution is 2.12. The number of halogens is 1. The highest BCUT2D eigenvalue weighted by atomic mass is 19.1. The summed E-state index contributed by atoms with van der Waals surface area (Å²) in [6.07, 6.45) is 6.44. The number of carbonyl (C=O) groups excluding carboxylic acids is 1. The van der Waals surface area contributed by atoms with Gasteiger partial charge in [0.1, 0.15) is 5.82 Å². The fourth-order valence-electron chi connectivity index (χ4n) is 2.06. The molecule has 0 fully saturated rings. The Labute approximate surface area is 132 Å². The number of nitrogens with zero attached hydrogens (tertiary/aromatic N) is 3. The second kappa shape index (κ2) is 6.65. The van der Waals surface area contributed by atoms with Gasteiger partial charge in [-0.25, -0.2) is 9.82 Å². The molecule has 0 radical (unpaired) electrons. The third kappa shape index (κ3) is 3.49. The summed E-state index contributed by atoms with van der Waals surface area (Å²) in [6.45, 7) is 0. The van der Waals surface area contributed by atoms with Gasteiger partial charge in [-0.2, -0.15) is 5.10 Å². The summed E-state index contributed by atoms with van der Waals surface area (Å²) in [5.74, 6) is -0.607. The van der Waals surface area contributed by atoms with Crippen molar-refractivity contribution in [3.63, 3.8) is 0 Å². The number of carbonyl (C=O) groups is 1. The van der Waals surface area contributed by atoms with Crippen molar-refractivity contribution in [1.82, 2.24) is 15.0 Å². The molecule has 3 rings (SSSR count). The highest BCUT2D eigenvalue weighted by Gasteiger charge is 2.04. The first-order chi connectivity index (χ1) is 11.2. The Balaban J connectivity index is 1.73. The molecule has 0 saturated heterocycles. The Hall–Kier alpha value is -3.28.